The number of anilines is 2. The zero-order valence-corrected chi connectivity index (χ0v) is 9.50. The Morgan fingerprint density at radius 1 is 1.53 bits per heavy atom. The molecule has 0 saturated heterocycles. The van der Waals surface area contributed by atoms with Gasteiger partial charge in [0.2, 0.25) is 0 Å². The van der Waals surface area contributed by atoms with Crippen LogP contribution in [0.2, 0.25) is 0 Å². The van der Waals surface area contributed by atoms with Crippen LogP contribution in [-0.4, -0.2) is 5.84 Å². The van der Waals surface area contributed by atoms with E-state index in [1.807, 2.05) is 0 Å². The first-order valence-corrected chi connectivity index (χ1v) is 5.36. The lowest BCUT2D eigenvalue weighted by atomic mass is 10.1. The second-order valence-electron chi connectivity index (χ2n) is 4.20. The van der Waals surface area contributed by atoms with Crippen molar-refractivity contribution in [1.82, 2.24) is 0 Å². The maximum absolute atomic E-state index is 13.4. The van der Waals surface area contributed by atoms with E-state index in [1.165, 1.54) is 19.1 Å². The molecule has 0 aliphatic heterocycles. The van der Waals surface area contributed by atoms with Crippen LogP contribution in [0.25, 0.3) is 0 Å². The summed E-state index contributed by atoms with van der Waals surface area (Å²) < 4.78 is 13.4. The van der Waals surface area contributed by atoms with E-state index in [-0.39, 0.29) is 11.5 Å². The van der Waals surface area contributed by atoms with Crippen molar-refractivity contribution in [1.29, 1.82) is 10.9 Å². The van der Waals surface area contributed by atoms with E-state index in [9.17, 15) is 4.39 Å². The lowest BCUT2D eigenvalue weighted by molar-refractivity contribution is 0.630. The molecular formula is C11H14FN5. The fourth-order valence-corrected chi connectivity index (χ4v) is 1.81. The quantitative estimate of drug-likeness (QED) is 0.247. The number of amidine groups is 1. The number of nitrogens with zero attached hydrogens (tertiary/aromatic N) is 2. The summed E-state index contributed by atoms with van der Waals surface area (Å²) in [6.45, 7) is 1.52. The monoisotopic (exact) mass is 235 g/mol. The van der Waals surface area contributed by atoms with Crippen molar-refractivity contribution in [2.45, 2.75) is 25.7 Å². The van der Waals surface area contributed by atoms with Gasteiger partial charge in [0, 0.05) is 0 Å². The molecule has 5 nitrogen and oxygen atoms in total. The molecule has 1 fully saturated rings. The van der Waals surface area contributed by atoms with Crippen molar-refractivity contribution in [2.75, 3.05) is 10.7 Å². The van der Waals surface area contributed by atoms with E-state index in [0.29, 0.717) is 11.6 Å². The molecule has 0 amide bonds. The van der Waals surface area contributed by atoms with Gasteiger partial charge in [-0.25, -0.2) is 9.40 Å². The highest BCUT2D eigenvalue weighted by Crippen LogP contribution is 2.45. The summed E-state index contributed by atoms with van der Waals surface area (Å²) in [5.41, 5.74) is 13.9. The van der Waals surface area contributed by atoms with Gasteiger partial charge in [0.15, 0.2) is 0 Å². The fraction of sp³-hybridized carbons (Fsp3) is 0.364. The molecule has 2 rings (SSSR count). The minimum absolute atomic E-state index is 0.0132. The van der Waals surface area contributed by atoms with Crippen LogP contribution in [-0.2, 0) is 0 Å². The van der Waals surface area contributed by atoms with Gasteiger partial charge in [0.25, 0.3) is 0 Å². The smallest absolute Gasteiger partial charge is 0.146 e. The second kappa shape index (κ2) is 4.12. The van der Waals surface area contributed by atoms with Crippen LogP contribution < -0.4 is 10.7 Å². The molecule has 6 heteroatoms. The normalized spacial score (nSPS) is 14.5. The molecule has 1 saturated carbocycles. The molecule has 90 valence electrons. The molecule has 1 aliphatic carbocycles. The van der Waals surface area contributed by atoms with Crippen molar-refractivity contribution in [2.24, 2.45) is 5.22 Å². The minimum atomic E-state index is -0.455. The third-order valence-electron chi connectivity index (χ3n) is 2.81. The van der Waals surface area contributed by atoms with Gasteiger partial charge in [0.05, 0.1) is 11.4 Å². The molecular weight excluding hydrogens is 221 g/mol. The van der Waals surface area contributed by atoms with Crippen molar-refractivity contribution >= 4 is 17.2 Å². The molecule has 1 aromatic rings. The van der Waals surface area contributed by atoms with Crippen LogP contribution in [0.4, 0.5) is 15.8 Å². The van der Waals surface area contributed by atoms with Gasteiger partial charge in [-0.1, -0.05) is 5.22 Å². The lowest BCUT2D eigenvalue weighted by Crippen LogP contribution is -2.22. The summed E-state index contributed by atoms with van der Waals surface area (Å²) in [5.74, 6) is -0.0557. The van der Waals surface area contributed by atoms with Crippen molar-refractivity contribution < 1.29 is 4.39 Å². The molecule has 0 spiro atoms. The molecule has 0 radical (unpaired) electrons. The van der Waals surface area contributed by atoms with Gasteiger partial charge < -0.3 is 5.73 Å². The predicted octanol–water partition coefficient (Wildman–Crippen LogP) is 3.03. The largest absolute Gasteiger partial charge is 0.396 e. The van der Waals surface area contributed by atoms with E-state index >= 15 is 0 Å². The zero-order chi connectivity index (χ0) is 12.6. The van der Waals surface area contributed by atoms with Gasteiger partial charge >= 0.3 is 0 Å². The van der Waals surface area contributed by atoms with Crippen molar-refractivity contribution in [3.05, 3.63) is 23.5 Å². The molecule has 1 aliphatic rings. The van der Waals surface area contributed by atoms with E-state index in [0.717, 1.165) is 23.4 Å². The Morgan fingerprint density at radius 2 is 2.18 bits per heavy atom. The average molecular weight is 235 g/mol. The van der Waals surface area contributed by atoms with Crippen molar-refractivity contribution in [3.63, 3.8) is 0 Å². The molecule has 0 aromatic heterocycles. The van der Waals surface area contributed by atoms with Gasteiger partial charge in [-0.3, -0.25) is 5.41 Å². The molecule has 0 heterocycles. The van der Waals surface area contributed by atoms with Crippen LogP contribution in [0.5, 0.6) is 0 Å². The van der Waals surface area contributed by atoms with Crippen LogP contribution >= 0.6 is 0 Å². The zero-order valence-electron chi connectivity index (χ0n) is 9.50. The van der Waals surface area contributed by atoms with E-state index in [2.05, 4.69) is 5.22 Å². The summed E-state index contributed by atoms with van der Waals surface area (Å²) in [6.07, 6.45) is 2.00. The molecule has 1 aromatic carbocycles. The van der Waals surface area contributed by atoms with Crippen LogP contribution in [0.1, 0.15) is 31.2 Å². The number of rotatable bonds is 3. The fourth-order valence-electron chi connectivity index (χ4n) is 1.81. The number of nitrogens with two attached hydrogens (primary N) is 1. The summed E-state index contributed by atoms with van der Waals surface area (Å²) in [6, 6.07) is 2.84. The number of nitrogens with one attached hydrogen (secondary N) is 2. The van der Waals surface area contributed by atoms with E-state index < -0.39 is 5.82 Å². The summed E-state index contributed by atoms with van der Waals surface area (Å²) in [4.78, 5) is 0. The molecule has 0 atom stereocenters. The minimum Gasteiger partial charge on any atom is -0.396 e. The number of nitrogen functional groups attached to an aromatic ring is 1. The molecule has 0 bridgehead atoms. The van der Waals surface area contributed by atoms with E-state index in [1.54, 1.807) is 0 Å². The highest BCUT2D eigenvalue weighted by molar-refractivity contribution is 5.94. The summed E-state index contributed by atoms with van der Waals surface area (Å²) in [5, 5.41) is 12.0. The van der Waals surface area contributed by atoms with Gasteiger partial charge in [-0.2, -0.15) is 5.53 Å². The third kappa shape index (κ3) is 2.11. The lowest BCUT2D eigenvalue weighted by Gasteiger charge is -2.19. The maximum atomic E-state index is 13.4. The SMILES string of the molecule is CC(=N)N(N=N)c1cc(N)c(F)cc1C1CC1. The highest BCUT2D eigenvalue weighted by Gasteiger charge is 2.29. The highest BCUT2D eigenvalue weighted by atomic mass is 19.1. The first-order valence-electron chi connectivity index (χ1n) is 5.36. The first-order chi connectivity index (χ1) is 8.04. The summed E-state index contributed by atoms with van der Waals surface area (Å²) in [7, 11) is 0. The molecule has 4 N–H and O–H groups in total. The average Bonchev–Trinajstić information content (AvgIpc) is 3.07. The van der Waals surface area contributed by atoms with Crippen LogP contribution in [0, 0.1) is 16.8 Å². The molecule has 17 heavy (non-hydrogen) atoms. The Hall–Kier alpha value is -1.98. The topological polar surface area (TPSA) is 89.3 Å². The van der Waals surface area contributed by atoms with Gasteiger partial charge in [0.1, 0.15) is 11.7 Å². The van der Waals surface area contributed by atoms with Gasteiger partial charge in [-0.15, -0.1) is 0 Å². The Kier molecular flexibility index (Phi) is 2.79. The Balaban J connectivity index is 2.53. The number of hydrogen-bond acceptors (Lipinski definition) is 4. The van der Waals surface area contributed by atoms with Gasteiger partial charge in [-0.05, 0) is 43.4 Å². The Bertz CT molecular complexity index is 481. The van der Waals surface area contributed by atoms with E-state index in [4.69, 9.17) is 16.7 Å². The second-order valence-corrected chi connectivity index (χ2v) is 4.20. The Labute approximate surface area is 98.4 Å². The number of benzene rings is 1. The number of halogens is 1. The van der Waals surface area contributed by atoms with Crippen LogP contribution in [0.3, 0.4) is 0 Å². The maximum Gasteiger partial charge on any atom is 0.146 e. The standard InChI is InChI=1S/C11H14FN5/c1-6(13)17(16-15)11-5-10(14)9(12)4-8(11)7-2-3-7/h4-5,7,13,15H,2-3,14H2,1H3. The third-order valence-corrected chi connectivity index (χ3v) is 2.81. The summed E-state index contributed by atoms with van der Waals surface area (Å²) >= 11 is 0. The Morgan fingerprint density at radius 3 is 2.65 bits per heavy atom. The van der Waals surface area contributed by atoms with Crippen LogP contribution in [0.15, 0.2) is 17.4 Å². The number of hydrogen-bond donors (Lipinski definition) is 3. The molecule has 0 unspecified atom stereocenters. The first kappa shape index (κ1) is 11.5. The van der Waals surface area contributed by atoms with Crippen molar-refractivity contribution in [3.8, 4) is 0 Å². The predicted molar refractivity (Wildman–Crippen MR) is 63.8 cm³/mol.